The van der Waals surface area contributed by atoms with E-state index in [1.807, 2.05) is 6.92 Å². The van der Waals surface area contributed by atoms with Crippen molar-refractivity contribution >= 4 is 17.0 Å². The highest BCUT2D eigenvalue weighted by Crippen LogP contribution is 2.15. The average molecular weight is 236 g/mol. The van der Waals surface area contributed by atoms with E-state index in [1.165, 1.54) is 10.6 Å². The molecule has 0 saturated carbocycles. The van der Waals surface area contributed by atoms with Crippen molar-refractivity contribution in [3.8, 4) is 0 Å². The van der Waals surface area contributed by atoms with Crippen LogP contribution < -0.4 is 5.69 Å². The maximum atomic E-state index is 11.9. The minimum atomic E-state index is -0.562. The highest BCUT2D eigenvalue weighted by molar-refractivity contribution is 5.73. The zero-order valence-electron chi connectivity index (χ0n) is 9.58. The fraction of sp³-hybridized carbons (Fsp3) is 0.400. The van der Waals surface area contributed by atoms with E-state index in [1.54, 1.807) is 17.6 Å². The standard InChI is InChI=1S/C10H12N4O3/c1-3-12-7-5-6-8(14(16)17)11-9(7)13(4-2)10(12)15/h5-6H,3-4H2,1-2H3. The van der Waals surface area contributed by atoms with Crippen LogP contribution in [0.3, 0.4) is 0 Å². The third kappa shape index (κ3) is 1.59. The normalized spacial score (nSPS) is 10.9. The number of aryl methyl sites for hydroxylation is 2. The van der Waals surface area contributed by atoms with Gasteiger partial charge in [-0.05, 0) is 29.8 Å². The van der Waals surface area contributed by atoms with Gasteiger partial charge < -0.3 is 10.1 Å². The van der Waals surface area contributed by atoms with Crippen molar-refractivity contribution in [2.45, 2.75) is 26.9 Å². The second kappa shape index (κ2) is 4.00. The number of imidazole rings is 1. The molecule has 0 fully saturated rings. The molecule has 7 nitrogen and oxygen atoms in total. The van der Waals surface area contributed by atoms with Gasteiger partial charge in [0.15, 0.2) is 0 Å². The SMILES string of the molecule is CCn1c(=O)n(CC)c2nc([N+](=O)[O-])ccc21. The van der Waals surface area contributed by atoms with Crippen molar-refractivity contribution in [3.63, 3.8) is 0 Å². The van der Waals surface area contributed by atoms with Crippen LogP contribution in [0.5, 0.6) is 0 Å². The van der Waals surface area contributed by atoms with Crippen molar-refractivity contribution in [2.24, 2.45) is 0 Å². The first-order valence-corrected chi connectivity index (χ1v) is 5.34. The summed E-state index contributed by atoms with van der Waals surface area (Å²) in [4.78, 5) is 26.0. The van der Waals surface area contributed by atoms with Crippen LogP contribution in [0.15, 0.2) is 16.9 Å². The van der Waals surface area contributed by atoms with Crippen molar-refractivity contribution in [1.82, 2.24) is 14.1 Å². The smallest absolute Gasteiger partial charge is 0.358 e. The Kier molecular flexibility index (Phi) is 2.66. The molecule has 0 unspecified atom stereocenters. The predicted molar refractivity (Wildman–Crippen MR) is 62.0 cm³/mol. The number of nitro groups is 1. The number of hydrogen-bond donors (Lipinski definition) is 0. The van der Waals surface area contributed by atoms with Crippen molar-refractivity contribution in [3.05, 3.63) is 32.7 Å². The minimum Gasteiger partial charge on any atom is -0.358 e. The molecule has 0 radical (unpaired) electrons. The van der Waals surface area contributed by atoms with Crippen LogP contribution >= 0.6 is 0 Å². The van der Waals surface area contributed by atoms with Gasteiger partial charge in [-0.15, -0.1) is 0 Å². The van der Waals surface area contributed by atoms with E-state index >= 15 is 0 Å². The zero-order chi connectivity index (χ0) is 12.6. The maximum Gasteiger partial charge on any atom is 0.366 e. The van der Waals surface area contributed by atoms with Crippen molar-refractivity contribution in [1.29, 1.82) is 0 Å². The van der Waals surface area contributed by atoms with Gasteiger partial charge in [-0.2, -0.15) is 0 Å². The Labute approximate surface area is 96.5 Å². The van der Waals surface area contributed by atoms with Gasteiger partial charge in [-0.3, -0.25) is 9.13 Å². The summed E-state index contributed by atoms with van der Waals surface area (Å²) in [5.41, 5.74) is 0.816. The molecule has 7 heteroatoms. The van der Waals surface area contributed by atoms with Gasteiger partial charge in [0.1, 0.15) is 5.52 Å². The van der Waals surface area contributed by atoms with Crippen LogP contribution in [0.25, 0.3) is 11.2 Å². The Morgan fingerprint density at radius 2 is 1.94 bits per heavy atom. The molecule has 0 bridgehead atoms. The maximum absolute atomic E-state index is 11.9. The molecule has 90 valence electrons. The average Bonchev–Trinajstić information content (AvgIpc) is 2.58. The van der Waals surface area contributed by atoms with E-state index in [9.17, 15) is 14.9 Å². The van der Waals surface area contributed by atoms with Gasteiger partial charge in [0.2, 0.25) is 0 Å². The number of nitrogens with zero attached hydrogens (tertiary/aromatic N) is 4. The second-order valence-corrected chi connectivity index (χ2v) is 3.54. The first-order valence-electron chi connectivity index (χ1n) is 5.34. The molecule has 0 aliphatic carbocycles. The molecule has 2 aromatic heterocycles. The highest BCUT2D eigenvalue weighted by Gasteiger charge is 2.18. The van der Waals surface area contributed by atoms with Crippen LogP contribution in [-0.4, -0.2) is 19.0 Å². The molecule has 2 rings (SSSR count). The van der Waals surface area contributed by atoms with Crippen LogP contribution in [-0.2, 0) is 13.1 Å². The van der Waals surface area contributed by atoms with Gasteiger partial charge in [-0.1, -0.05) is 0 Å². The molecule has 0 N–H and O–H groups in total. The molecule has 0 aromatic carbocycles. The molecule has 0 spiro atoms. The lowest BCUT2D eigenvalue weighted by Gasteiger charge is -1.94. The summed E-state index contributed by atoms with van der Waals surface area (Å²) in [7, 11) is 0. The summed E-state index contributed by atoms with van der Waals surface area (Å²) in [5, 5.41) is 10.7. The number of fused-ring (bicyclic) bond motifs is 1. The summed E-state index contributed by atoms with van der Waals surface area (Å²) in [5.74, 6) is -0.243. The van der Waals surface area contributed by atoms with E-state index in [0.717, 1.165) is 0 Å². The van der Waals surface area contributed by atoms with E-state index in [-0.39, 0.29) is 11.5 Å². The number of rotatable bonds is 3. The monoisotopic (exact) mass is 236 g/mol. The molecule has 0 saturated heterocycles. The molecule has 0 amide bonds. The Balaban J connectivity index is 2.85. The third-order valence-corrected chi connectivity index (χ3v) is 2.67. The molecule has 0 atom stereocenters. The minimum absolute atomic E-state index is 0.182. The van der Waals surface area contributed by atoms with Crippen molar-refractivity contribution in [2.75, 3.05) is 0 Å². The lowest BCUT2D eigenvalue weighted by molar-refractivity contribution is -0.389. The first kappa shape index (κ1) is 11.3. The fourth-order valence-electron chi connectivity index (χ4n) is 1.87. The van der Waals surface area contributed by atoms with Gasteiger partial charge in [0.25, 0.3) is 5.65 Å². The predicted octanol–water partition coefficient (Wildman–Crippen LogP) is 1.15. The molecule has 0 aliphatic rings. The third-order valence-electron chi connectivity index (χ3n) is 2.67. The Morgan fingerprint density at radius 3 is 2.47 bits per heavy atom. The first-order chi connectivity index (χ1) is 8.10. The van der Waals surface area contributed by atoms with Gasteiger partial charge in [0, 0.05) is 19.2 Å². The van der Waals surface area contributed by atoms with Crippen LogP contribution in [0.1, 0.15) is 13.8 Å². The van der Waals surface area contributed by atoms with Gasteiger partial charge in [0.05, 0.1) is 0 Å². The quantitative estimate of drug-likeness (QED) is 0.591. The van der Waals surface area contributed by atoms with E-state index < -0.39 is 4.92 Å². The Bertz CT molecular complexity index is 641. The van der Waals surface area contributed by atoms with Crippen LogP contribution in [0, 0.1) is 10.1 Å². The summed E-state index contributed by atoms with van der Waals surface area (Å²) >= 11 is 0. The lowest BCUT2D eigenvalue weighted by atomic mass is 10.4. The van der Waals surface area contributed by atoms with Gasteiger partial charge >= 0.3 is 11.5 Å². The lowest BCUT2D eigenvalue weighted by Crippen LogP contribution is -2.23. The topological polar surface area (TPSA) is 83.0 Å². The summed E-state index contributed by atoms with van der Waals surface area (Å²) in [6, 6.07) is 2.88. The van der Waals surface area contributed by atoms with E-state index in [0.29, 0.717) is 24.3 Å². The van der Waals surface area contributed by atoms with E-state index in [4.69, 9.17) is 0 Å². The molecule has 17 heavy (non-hydrogen) atoms. The Hall–Kier alpha value is -2.18. The zero-order valence-corrected chi connectivity index (χ0v) is 9.58. The van der Waals surface area contributed by atoms with Crippen LogP contribution in [0.4, 0.5) is 5.82 Å². The summed E-state index contributed by atoms with van der Waals surface area (Å²) in [6.45, 7) is 4.61. The molecular weight excluding hydrogens is 224 g/mol. The molecule has 0 aliphatic heterocycles. The summed E-state index contributed by atoms with van der Waals surface area (Å²) < 4.78 is 2.99. The summed E-state index contributed by atoms with van der Waals surface area (Å²) in [6.07, 6.45) is 0. The molecule has 2 heterocycles. The largest absolute Gasteiger partial charge is 0.366 e. The second-order valence-electron chi connectivity index (χ2n) is 3.54. The molecule has 2 aromatic rings. The molecular formula is C10H12N4O3. The van der Waals surface area contributed by atoms with Gasteiger partial charge in [-0.25, -0.2) is 4.79 Å². The number of pyridine rings is 1. The highest BCUT2D eigenvalue weighted by atomic mass is 16.6. The fourth-order valence-corrected chi connectivity index (χ4v) is 1.87. The van der Waals surface area contributed by atoms with Crippen molar-refractivity contribution < 1.29 is 4.92 Å². The van der Waals surface area contributed by atoms with E-state index in [2.05, 4.69) is 4.98 Å². The Morgan fingerprint density at radius 1 is 1.29 bits per heavy atom. The number of hydrogen-bond acceptors (Lipinski definition) is 4. The van der Waals surface area contributed by atoms with Crippen LogP contribution in [0.2, 0.25) is 0 Å². The number of aromatic nitrogens is 3.